The van der Waals surface area contributed by atoms with Crippen LogP contribution in [0.2, 0.25) is 0 Å². The van der Waals surface area contributed by atoms with E-state index in [9.17, 15) is 18.5 Å². The van der Waals surface area contributed by atoms with E-state index in [0.29, 0.717) is 28.1 Å². The van der Waals surface area contributed by atoms with Crippen LogP contribution in [0.25, 0.3) is 6.08 Å². The zero-order valence-electron chi connectivity index (χ0n) is 20.8. The molecule has 0 saturated heterocycles. The van der Waals surface area contributed by atoms with E-state index in [1.165, 1.54) is 24.3 Å². The number of anilines is 1. The molecule has 196 valence electrons. The molecule has 0 bridgehead atoms. The first-order chi connectivity index (χ1) is 18.7. The Morgan fingerprint density at radius 1 is 0.974 bits per heavy atom. The van der Waals surface area contributed by atoms with E-state index >= 15 is 0 Å². The molecular formula is C30H23BrN2O5S. The minimum absolute atomic E-state index is 0.0307. The highest BCUT2D eigenvalue weighted by molar-refractivity contribution is 9.10. The zero-order valence-corrected chi connectivity index (χ0v) is 23.2. The summed E-state index contributed by atoms with van der Waals surface area (Å²) in [4.78, 5) is 12.7. The van der Waals surface area contributed by atoms with Gasteiger partial charge < -0.3 is 14.2 Å². The third kappa shape index (κ3) is 7.57. The Bertz CT molecular complexity index is 1640. The molecule has 0 aliphatic rings. The summed E-state index contributed by atoms with van der Waals surface area (Å²) in [5.41, 5.74) is 2.83. The van der Waals surface area contributed by atoms with E-state index in [2.05, 4.69) is 21.2 Å². The van der Waals surface area contributed by atoms with Gasteiger partial charge >= 0.3 is 10.1 Å². The average Bonchev–Trinajstić information content (AvgIpc) is 2.93. The number of carbonyl (C=O) groups excluding carboxylic acids is 1. The van der Waals surface area contributed by atoms with Crippen LogP contribution < -0.4 is 14.2 Å². The summed E-state index contributed by atoms with van der Waals surface area (Å²) in [5.74, 6) is 0.128. The number of hydrogen-bond donors (Lipinski definition) is 1. The van der Waals surface area contributed by atoms with Gasteiger partial charge in [-0.05, 0) is 88.6 Å². The molecular weight excluding hydrogens is 580 g/mol. The molecule has 0 saturated carbocycles. The minimum Gasteiger partial charge on any atom is -0.489 e. The SMILES string of the molecule is Cc1ccc(S(=O)(=O)Oc2ccc(/C=C(\C#N)C(=O)Nc3ccc(OCc4ccccc4)cc3)cc2Br)cc1. The summed E-state index contributed by atoms with van der Waals surface area (Å²) >= 11 is 3.31. The number of hydrogen-bond acceptors (Lipinski definition) is 6. The van der Waals surface area contributed by atoms with Crippen molar-refractivity contribution in [2.75, 3.05) is 5.32 Å². The summed E-state index contributed by atoms with van der Waals surface area (Å²) in [6.45, 7) is 2.28. The number of ether oxygens (including phenoxy) is 1. The number of benzene rings is 4. The lowest BCUT2D eigenvalue weighted by molar-refractivity contribution is -0.112. The van der Waals surface area contributed by atoms with Crippen LogP contribution in [-0.4, -0.2) is 14.3 Å². The Labute approximate surface area is 235 Å². The molecule has 39 heavy (non-hydrogen) atoms. The fourth-order valence-electron chi connectivity index (χ4n) is 3.43. The smallest absolute Gasteiger partial charge is 0.339 e. The Balaban J connectivity index is 1.40. The second-order valence-electron chi connectivity index (χ2n) is 8.46. The highest BCUT2D eigenvalue weighted by Crippen LogP contribution is 2.30. The fraction of sp³-hybridized carbons (Fsp3) is 0.0667. The zero-order chi connectivity index (χ0) is 27.8. The largest absolute Gasteiger partial charge is 0.489 e. The number of aryl methyl sites for hydroxylation is 1. The number of amides is 1. The van der Waals surface area contributed by atoms with Crippen molar-refractivity contribution in [2.45, 2.75) is 18.4 Å². The van der Waals surface area contributed by atoms with Gasteiger partial charge in [0.25, 0.3) is 5.91 Å². The van der Waals surface area contributed by atoms with Crippen molar-refractivity contribution in [3.05, 3.63) is 124 Å². The van der Waals surface area contributed by atoms with Gasteiger partial charge in [0, 0.05) is 5.69 Å². The van der Waals surface area contributed by atoms with Gasteiger partial charge in [0.05, 0.1) is 4.47 Å². The Morgan fingerprint density at radius 3 is 2.31 bits per heavy atom. The lowest BCUT2D eigenvalue weighted by Crippen LogP contribution is -2.13. The van der Waals surface area contributed by atoms with Gasteiger partial charge in [-0.3, -0.25) is 4.79 Å². The summed E-state index contributed by atoms with van der Waals surface area (Å²) in [6.07, 6.45) is 1.40. The van der Waals surface area contributed by atoms with Crippen molar-refractivity contribution in [1.82, 2.24) is 0 Å². The molecule has 4 aromatic carbocycles. The lowest BCUT2D eigenvalue weighted by atomic mass is 10.1. The Kier molecular flexibility index (Phi) is 8.81. The maximum atomic E-state index is 12.7. The van der Waals surface area contributed by atoms with E-state index in [1.807, 2.05) is 43.3 Å². The molecule has 1 N–H and O–H groups in total. The number of carbonyl (C=O) groups is 1. The topological polar surface area (TPSA) is 105 Å². The molecule has 1 amide bonds. The second kappa shape index (κ2) is 12.4. The highest BCUT2D eigenvalue weighted by Gasteiger charge is 2.18. The van der Waals surface area contributed by atoms with E-state index in [-0.39, 0.29) is 16.2 Å². The second-order valence-corrected chi connectivity index (χ2v) is 10.9. The average molecular weight is 603 g/mol. The molecule has 4 rings (SSSR count). The van der Waals surface area contributed by atoms with Gasteiger partial charge in [0.1, 0.15) is 28.9 Å². The Hall–Kier alpha value is -4.39. The number of nitrogens with zero attached hydrogens (tertiary/aromatic N) is 1. The molecule has 0 atom stereocenters. The van der Waals surface area contributed by atoms with Crippen LogP contribution in [0, 0.1) is 18.3 Å². The van der Waals surface area contributed by atoms with Gasteiger partial charge in [-0.25, -0.2) is 0 Å². The molecule has 0 unspecified atom stereocenters. The maximum Gasteiger partial charge on any atom is 0.339 e. The first kappa shape index (κ1) is 27.6. The van der Waals surface area contributed by atoms with Crippen LogP contribution >= 0.6 is 15.9 Å². The third-order valence-electron chi connectivity index (χ3n) is 5.50. The van der Waals surface area contributed by atoms with Crippen LogP contribution in [0.4, 0.5) is 5.69 Å². The maximum absolute atomic E-state index is 12.7. The minimum atomic E-state index is -4.03. The standard InChI is InChI=1S/C30H23BrN2O5S/c1-21-7-14-27(15-8-21)39(35,36)38-29-16-9-23(18-28(29)31)17-24(19-32)30(34)33-25-10-12-26(13-11-25)37-20-22-5-3-2-4-6-22/h2-18H,20H2,1H3,(H,33,34)/b24-17+. The Morgan fingerprint density at radius 2 is 1.67 bits per heavy atom. The molecule has 7 nitrogen and oxygen atoms in total. The van der Waals surface area contributed by atoms with Crippen molar-refractivity contribution in [3.63, 3.8) is 0 Å². The molecule has 0 heterocycles. The summed E-state index contributed by atoms with van der Waals surface area (Å²) < 4.78 is 36.6. The van der Waals surface area contributed by atoms with E-state index in [0.717, 1.165) is 11.1 Å². The van der Waals surface area contributed by atoms with E-state index in [4.69, 9.17) is 8.92 Å². The number of nitrogens with one attached hydrogen (secondary N) is 1. The number of rotatable bonds is 9. The third-order valence-corrected chi connectivity index (χ3v) is 7.37. The predicted octanol–water partition coefficient (Wildman–Crippen LogP) is 6.65. The van der Waals surface area contributed by atoms with Crippen LogP contribution in [-0.2, 0) is 21.5 Å². The quantitative estimate of drug-likeness (QED) is 0.131. The van der Waals surface area contributed by atoms with Crippen LogP contribution in [0.15, 0.2) is 112 Å². The first-order valence-corrected chi connectivity index (χ1v) is 13.9. The monoisotopic (exact) mass is 602 g/mol. The van der Waals surface area contributed by atoms with E-state index in [1.54, 1.807) is 48.5 Å². The first-order valence-electron chi connectivity index (χ1n) is 11.7. The van der Waals surface area contributed by atoms with E-state index < -0.39 is 16.0 Å². The number of halogens is 1. The van der Waals surface area contributed by atoms with Gasteiger partial charge in [-0.1, -0.05) is 54.1 Å². The fourth-order valence-corrected chi connectivity index (χ4v) is 4.97. The molecule has 0 aliphatic carbocycles. The van der Waals surface area contributed by atoms with Crippen LogP contribution in [0.1, 0.15) is 16.7 Å². The molecule has 0 radical (unpaired) electrons. The molecule has 0 aliphatic heterocycles. The summed E-state index contributed by atoms with van der Waals surface area (Å²) in [6, 6.07) is 29.4. The van der Waals surface area contributed by atoms with Gasteiger partial charge in [0.15, 0.2) is 5.75 Å². The predicted molar refractivity (Wildman–Crippen MR) is 153 cm³/mol. The van der Waals surface area contributed by atoms with Crippen molar-refractivity contribution in [1.29, 1.82) is 5.26 Å². The molecule has 0 aromatic heterocycles. The summed E-state index contributed by atoms with van der Waals surface area (Å²) in [5, 5.41) is 12.3. The lowest BCUT2D eigenvalue weighted by Gasteiger charge is -2.10. The summed E-state index contributed by atoms with van der Waals surface area (Å²) in [7, 11) is -4.03. The van der Waals surface area contributed by atoms with Crippen molar-refractivity contribution < 1.29 is 22.1 Å². The van der Waals surface area contributed by atoms with Gasteiger partial charge in [-0.15, -0.1) is 0 Å². The van der Waals surface area contributed by atoms with Crippen molar-refractivity contribution in [3.8, 4) is 17.6 Å². The molecule has 4 aromatic rings. The van der Waals surface area contributed by atoms with Crippen molar-refractivity contribution >= 4 is 43.7 Å². The molecule has 9 heteroatoms. The van der Waals surface area contributed by atoms with Crippen LogP contribution in [0.5, 0.6) is 11.5 Å². The molecule has 0 fully saturated rings. The molecule has 0 spiro atoms. The van der Waals surface area contributed by atoms with Gasteiger partial charge in [-0.2, -0.15) is 13.7 Å². The van der Waals surface area contributed by atoms with Crippen molar-refractivity contribution in [2.24, 2.45) is 0 Å². The highest BCUT2D eigenvalue weighted by atomic mass is 79.9. The van der Waals surface area contributed by atoms with Gasteiger partial charge in [0.2, 0.25) is 0 Å². The normalized spacial score (nSPS) is 11.4. The van der Waals surface area contributed by atoms with Crippen LogP contribution in [0.3, 0.4) is 0 Å². The number of nitriles is 1.